The van der Waals surface area contributed by atoms with Gasteiger partial charge in [0.1, 0.15) is 6.04 Å². The Labute approximate surface area is 130 Å². The molecule has 0 radical (unpaired) electrons. The van der Waals surface area contributed by atoms with E-state index in [2.05, 4.69) is 6.92 Å². The van der Waals surface area contributed by atoms with Crippen LogP contribution in [-0.4, -0.2) is 62.6 Å². The molecule has 1 saturated carbocycles. The van der Waals surface area contributed by atoms with Gasteiger partial charge in [-0.15, -0.1) is 11.8 Å². The lowest BCUT2D eigenvalue weighted by Crippen LogP contribution is -2.55. The van der Waals surface area contributed by atoms with Gasteiger partial charge < -0.3 is 14.9 Å². The van der Waals surface area contributed by atoms with Gasteiger partial charge in [0.15, 0.2) is 0 Å². The maximum Gasteiger partial charge on any atom is 0.246 e. The molecular weight excluding hydrogens is 288 g/mol. The summed E-state index contributed by atoms with van der Waals surface area (Å²) in [6.45, 7) is 2.06. The van der Waals surface area contributed by atoms with Gasteiger partial charge in [0.2, 0.25) is 11.8 Å². The van der Waals surface area contributed by atoms with Gasteiger partial charge in [0, 0.05) is 19.2 Å². The second-order valence-electron chi connectivity index (χ2n) is 6.63. The Morgan fingerprint density at radius 2 is 2.14 bits per heavy atom. The number of aliphatic hydroxyl groups is 1. The Morgan fingerprint density at radius 1 is 1.43 bits per heavy atom. The van der Waals surface area contributed by atoms with Crippen molar-refractivity contribution in [3.63, 3.8) is 0 Å². The highest BCUT2D eigenvalue weighted by molar-refractivity contribution is 8.01. The van der Waals surface area contributed by atoms with Crippen molar-refractivity contribution in [3.8, 4) is 0 Å². The van der Waals surface area contributed by atoms with Crippen LogP contribution in [0.1, 0.15) is 45.4 Å². The Kier molecular flexibility index (Phi) is 3.94. The van der Waals surface area contributed by atoms with Gasteiger partial charge >= 0.3 is 0 Å². The van der Waals surface area contributed by atoms with Crippen molar-refractivity contribution in [3.05, 3.63) is 0 Å². The van der Waals surface area contributed by atoms with Crippen LogP contribution in [-0.2, 0) is 9.59 Å². The Bertz CT molecular complexity index is 458. The predicted molar refractivity (Wildman–Crippen MR) is 81.8 cm³/mol. The maximum absolute atomic E-state index is 12.8. The number of aliphatic hydroxyl groups excluding tert-OH is 1. The van der Waals surface area contributed by atoms with Crippen LogP contribution in [0, 0.1) is 0 Å². The number of likely N-dealkylation sites (N-methyl/N-ethyl adjacent to an activating group) is 1. The van der Waals surface area contributed by atoms with Gasteiger partial charge in [-0.3, -0.25) is 9.59 Å². The van der Waals surface area contributed by atoms with Crippen molar-refractivity contribution < 1.29 is 14.7 Å². The van der Waals surface area contributed by atoms with Crippen LogP contribution < -0.4 is 0 Å². The zero-order chi connectivity index (χ0) is 15.2. The molecule has 0 bridgehead atoms. The summed E-state index contributed by atoms with van der Waals surface area (Å²) in [7, 11) is 1.78. The van der Waals surface area contributed by atoms with E-state index >= 15 is 0 Å². The van der Waals surface area contributed by atoms with E-state index in [0.29, 0.717) is 12.2 Å². The minimum absolute atomic E-state index is 0.00701. The summed E-state index contributed by atoms with van der Waals surface area (Å²) in [5, 5.41) is 10.1. The predicted octanol–water partition coefficient (Wildman–Crippen LogP) is 1.20. The largest absolute Gasteiger partial charge is 0.391 e. The SMILES string of the molecule is CN(C(=O)C1CSC2(C)CCC(=O)N12)C1CCCCC1O. The highest BCUT2D eigenvalue weighted by Crippen LogP contribution is 2.47. The molecule has 4 unspecified atom stereocenters. The lowest BCUT2D eigenvalue weighted by atomic mass is 9.91. The molecule has 2 heterocycles. The van der Waals surface area contributed by atoms with E-state index in [-0.39, 0.29) is 28.8 Å². The molecular formula is C15H24N2O3S. The summed E-state index contributed by atoms with van der Waals surface area (Å²) in [6, 6.07) is -0.449. The monoisotopic (exact) mass is 312 g/mol. The molecule has 0 spiro atoms. The lowest BCUT2D eigenvalue weighted by molar-refractivity contribution is -0.146. The molecule has 118 valence electrons. The summed E-state index contributed by atoms with van der Waals surface area (Å²) in [4.78, 5) is 28.3. The Balaban J connectivity index is 1.74. The second kappa shape index (κ2) is 5.47. The molecule has 0 aromatic heterocycles. The zero-order valence-electron chi connectivity index (χ0n) is 12.7. The number of nitrogens with zero attached hydrogens (tertiary/aromatic N) is 2. The number of hydrogen-bond donors (Lipinski definition) is 1. The first kappa shape index (κ1) is 15.2. The molecule has 3 aliphatic rings. The number of thioether (sulfide) groups is 1. The van der Waals surface area contributed by atoms with E-state index in [1.807, 2.05) is 0 Å². The van der Waals surface area contributed by atoms with E-state index in [0.717, 1.165) is 32.1 Å². The van der Waals surface area contributed by atoms with Crippen molar-refractivity contribution in [2.75, 3.05) is 12.8 Å². The van der Waals surface area contributed by atoms with Crippen molar-refractivity contribution in [1.82, 2.24) is 9.80 Å². The quantitative estimate of drug-likeness (QED) is 0.832. The van der Waals surface area contributed by atoms with Crippen molar-refractivity contribution in [2.24, 2.45) is 0 Å². The molecule has 3 rings (SSSR count). The molecule has 3 fully saturated rings. The van der Waals surface area contributed by atoms with Crippen LogP contribution >= 0.6 is 11.8 Å². The first-order valence-electron chi connectivity index (χ1n) is 7.85. The number of carbonyl (C=O) groups is 2. The first-order valence-corrected chi connectivity index (χ1v) is 8.83. The van der Waals surface area contributed by atoms with Crippen LogP contribution in [0.25, 0.3) is 0 Å². The fraction of sp³-hybridized carbons (Fsp3) is 0.867. The van der Waals surface area contributed by atoms with Gasteiger partial charge in [0.25, 0.3) is 0 Å². The van der Waals surface area contributed by atoms with Gasteiger partial charge in [-0.2, -0.15) is 0 Å². The molecule has 4 atom stereocenters. The minimum atomic E-state index is -0.428. The highest BCUT2D eigenvalue weighted by Gasteiger charge is 2.53. The van der Waals surface area contributed by atoms with Crippen molar-refractivity contribution >= 4 is 23.6 Å². The second-order valence-corrected chi connectivity index (χ2v) is 8.14. The number of amides is 2. The molecule has 2 saturated heterocycles. The van der Waals surface area contributed by atoms with Crippen LogP contribution in [0.3, 0.4) is 0 Å². The summed E-state index contributed by atoms with van der Waals surface area (Å²) < 4.78 is 0. The molecule has 2 amide bonds. The summed E-state index contributed by atoms with van der Waals surface area (Å²) in [6.07, 6.45) is 4.65. The van der Waals surface area contributed by atoms with Crippen molar-refractivity contribution in [1.29, 1.82) is 0 Å². The topological polar surface area (TPSA) is 60.9 Å². The summed E-state index contributed by atoms with van der Waals surface area (Å²) >= 11 is 1.72. The molecule has 2 aliphatic heterocycles. The third kappa shape index (κ3) is 2.46. The summed E-state index contributed by atoms with van der Waals surface area (Å²) in [5.74, 6) is 0.764. The van der Waals surface area contributed by atoms with Crippen LogP contribution in [0.2, 0.25) is 0 Å². The van der Waals surface area contributed by atoms with Gasteiger partial charge in [-0.1, -0.05) is 12.8 Å². The van der Waals surface area contributed by atoms with E-state index in [4.69, 9.17) is 0 Å². The highest BCUT2D eigenvalue weighted by atomic mass is 32.2. The van der Waals surface area contributed by atoms with Crippen molar-refractivity contribution in [2.45, 2.75) is 68.5 Å². The molecule has 1 aliphatic carbocycles. The Hall–Kier alpha value is -0.750. The zero-order valence-corrected chi connectivity index (χ0v) is 13.6. The van der Waals surface area contributed by atoms with Crippen LogP contribution in [0.4, 0.5) is 0 Å². The average molecular weight is 312 g/mol. The Morgan fingerprint density at radius 3 is 2.86 bits per heavy atom. The molecule has 5 nitrogen and oxygen atoms in total. The van der Waals surface area contributed by atoms with Crippen LogP contribution in [0.5, 0.6) is 0 Å². The summed E-state index contributed by atoms with van der Waals surface area (Å²) in [5.41, 5.74) is 0. The number of rotatable bonds is 2. The first-order chi connectivity index (χ1) is 9.94. The fourth-order valence-corrected chi connectivity index (χ4v) is 5.37. The molecule has 0 aromatic rings. The normalized spacial score (nSPS) is 39.5. The smallest absolute Gasteiger partial charge is 0.246 e. The molecule has 1 N–H and O–H groups in total. The molecule has 0 aromatic carbocycles. The fourth-order valence-electron chi connectivity index (χ4n) is 3.95. The number of carbonyl (C=O) groups excluding carboxylic acids is 2. The maximum atomic E-state index is 12.8. The number of hydrogen-bond acceptors (Lipinski definition) is 4. The number of fused-ring (bicyclic) bond motifs is 1. The standard InChI is InChI=1S/C15H24N2O3S/c1-15-8-7-13(19)17(15)11(9-21-15)14(20)16(2)10-5-3-4-6-12(10)18/h10-12,18H,3-9H2,1-2H3. The van der Waals surface area contributed by atoms with E-state index in [9.17, 15) is 14.7 Å². The van der Waals surface area contributed by atoms with E-state index < -0.39 is 6.10 Å². The average Bonchev–Trinajstić information content (AvgIpc) is 2.95. The van der Waals surface area contributed by atoms with Gasteiger partial charge in [-0.25, -0.2) is 0 Å². The van der Waals surface area contributed by atoms with Crippen LogP contribution in [0.15, 0.2) is 0 Å². The van der Waals surface area contributed by atoms with Gasteiger partial charge in [-0.05, 0) is 26.2 Å². The molecule has 6 heteroatoms. The van der Waals surface area contributed by atoms with Gasteiger partial charge in [0.05, 0.1) is 17.0 Å². The third-order valence-corrected chi connectivity index (χ3v) is 6.77. The molecule has 21 heavy (non-hydrogen) atoms. The van der Waals surface area contributed by atoms with E-state index in [1.165, 1.54) is 0 Å². The lowest BCUT2D eigenvalue weighted by Gasteiger charge is -2.38. The third-order valence-electron chi connectivity index (χ3n) is 5.27. The van der Waals surface area contributed by atoms with E-state index in [1.54, 1.807) is 28.6 Å². The minimum Gasteiger partial charge on any atom is -0.391 e.